The lowest BCUT2D eigenvalue weighted by molar-refractivity contribution is 0.0263. The highest BCUT2D eigenvalue weighted by atomic mass is 16.6. The molecule has 1 unspecified atom stereocenters. The topological polar surface area (TPSA) is 59.6 Å². The summed E-state index contributed by atoms with van der Waals surface area (Å²) >= 11 is 0. The Morgan fingerprint density at radius 2 is 2.12 bits per heavy atom. The average Bonchev–Trinajstić information content (AvgIpc) is 2.15. The van der Waals surface area contributed by atoms with Gasteiger partial charge in [0.2, 0.25) is 0 Å². The number of rotatable bonds is 2. The number of alkyl carbamates (subject to hydrolysis) is 1. The largest absolute Gasteiger partial charge is 0.444 e. The van der Waals surface area contributed by atoms with Gasteiger partial charge >= 0.3 is 6.09 Å². The van der Waals surface area contributed by atoms with Crippen molar-refractivity contribution >= 4 is 6.09 Å². The van der Waals surface area contributed by atoms with E-state index in [1.54, 1.807) is 7.11 Å². The number of hydrogen-bond acceptors (Lipinski definition) is 4. The summed E-state index contributed by atoms with van der Waals surface area (Å²) in [5.74, 6) is 0. The maximum atomic E-state index is 11.6. The molecule has 0 radical (unpaired) electrons. The predicted molar refractivity (Wildman–Crippen MR) is 61.4 cm³/mol. The second kappa shape index (κ2) is 5.50. The van der Waals surface area contributed by atoms with Crippen molar-refractivity contribution in [2.24, 2.45) is 0 Å². The molecule has 2 atom stereocenters. The lowest BCUT2D eigenvalue weighted by atomic mass is 10.0. The summed E-state index contributed by atoms with van der Waals surface area (Å²) in [5, 5.41) is 6.07. The van der Waals surface area contributed by atoms with E-state index in [9.17, 15) is 4.79 Å². The van der Waals surface area contributed by atoms with Gasteiger partial charge in [-0.15, -0.1) is 0 Å². The van der Waals surface area contributed by atoms with E-state index in [0.29, 0.717) is 0 Å². The Hall–Kier alpha value is -0.810. The smallest absolute Gasteiger partial charge is 0.407 e. The molecule has 1 saturated heterocycles. The summed E-state index contributed by atoms with van der Waals surface area (Å²) in [6, 6.07) is 0.0288. The first kappa shape index (κ1) is 13.3. The zero-order valence-electron chi connectivity index (χ0n) is 10.5. The van der Waals surface area contributed by atoms with Gasteiger partial charge in [-0.2, -0.15) is 0 Å². The third-order valence-electron chi connectivity index (χ3n) is 2.43. The van der Waals surface area contributed by atoms with E-state index in [2.05, 4.69) is 10.6 Å². The van der Waals surface area contributed by atoms with Gasteiger partial charge in [-0.25, -0.2) is 4.79 Å². The van der Waals surface area contributed by atoms with Crippen LogP contribution in [0, 0.1) is 0 Å². The van der Waals surface area contributed by atoms with E-state index < -0.39 is 5.60 Å². The Kier molecular flexibility index (Phi) is 4.56. The van der Waals surface area contributed by atoms with Crippen molar-refractivity contribution in [2.75, 3.05) is 20.2 Å². The fourth-order valence-corrected chi connectivity index (χ4v) is 1.70. The molecule has 0 spiro atoms. The molecule has 1 aliphatic rings. The number of hydrogen-bond donors (Lipinski definition) is 2. The van der Waals surface area contributed by atoms with Gasteiger partial charge in [-0.1, -0.05) is 0 Å². The standard InChI is InChI=1S/C11H22N2O3/c1-11(2,3)16-10(14)13-8-5-6-12-7-9(8)15-4/h8-9,12H,5-7H2,1-4H3,(H,13,14)/t8-,9?/m1/s1. The van der Waals surface area contributed by atoms with E-state index in [-0.39, 0.29) is 18.2 Å². The first-order chi connectivity index (χ1) is 7.42. The Morgan fingerprint density at radius 1 is 1.44 bits per heavy atom. The Labute approximate surface area is 96.9 Å². The van der Waals surface area contributed by atoms with E-state index in [0.717, 1.165) is 19.5 Å². The zero-order valence-corrected chi connectivity index (χ0v) is 10.5. The third-order valence-corrected chi connectivity index (χ3v) is 2.43. The number of ether oxygens (including phenoxy) is 2. The van der Waals surface area contributed by atoms with E-state index in [1.165, 1.54) is 0 Å². The number of nitrogens with one attached hydrogen (secondary N) is 2. The molecule has 0 saturated carbocycles. The summed E-state index contributed by atoms with van der Waals surface area (Å²) in [6.07, 6.45) is 0.500. The molecule has 1 heterocycles. The minimum Gasteiger partial charge on any atom is -0.444 e. The lowest BCUT2D eigenvalue weighted by Crippen LogP contribution is -2.54. The lowest BCUT2D eigenvalue weighted by Gasteiger charge is -2.32. The molecule has 16 heavy (non-hydrogen) atoms. The number of amides is 1. The SMILES string of the molecule is COC1CNCC[C@H]1NC(=O)OC(C)(C)C. The fraction of sp³-hybridized carbons (Fsp3) is 0.909. The van der Waals surface area contributed by atoms with Crippen LogP contribution in [0.5, 0.6) is 0 Å². The van der Waals surface area contributed by atoms with Crippen LogP contribution in [0.2, 0.25) is 0 Å². The highest BCUT2D eigenvalue weighted by Gasteiger charge is 2.27. The number of carbonyl (C=O) groups excluding carboxylic acids is 1. The van der Waals surface area contributed by atoms with Crippen LogP contribution in [0.1, 0.15) is 27.2 Å². The summed E-state index contributed by atoms with van der Waals surface area (Å²) in [4.78, 5) is 11.6. The number of carbonyl (C=O) groups is 1. The second-order valence-corrected chi connectivity index (χ2v) is 5.02. The summed E-state index contributed by atoms with van der Waals surface area (Å²) in [7, 11) is 1.65. The molecule has 0 aromatic carbocycles. The first-order valence-corrected chi connectivity index (χ1v) is 5.65. The van der Waals surface area contributed by atoms with Crippen LogP contribution < -0.4 is 10.6 Å². The first-order valence-electron chi connectivity index (χ1n) is 5.65. The van der Waals surface area contributed by atoms with Gasteiger partial charge in [0.15, 0.2) is 0 Å². The van der Waals surface area contributed by atoms with Crippen LogP contribution in [-0.2, 0) is 9.47 Å². The van der Waals surface area contributed by atoms with Gasteiger partial charge in [-0.3, -0.25) is 0 Å². The minimum atomic E-state index is -0.459. The Morgan fingerprint density at radius 3 is 2.69 bits per heavy atom. The van der Waals surface area contributed by atoms with Crippen molar-refractivity contribution in [3.05, 3.63) is 0 Å². The number of piperidine rings is 1. The molecule has 0 aliphatic carbocycles. The van der Waals surface area contributed by atoms with Gasteiger partial charge in [-0.05, 0) is 33.7 Å². The number of methoxy groups -OCH3 is 1. The van der Waals surface area contributed by atoms with Crippen LogP contribution in [0.4, 0.5) is 4.79 Å². The summed E-state index contributed by atoms with van der Waals surface area (Å²) in [6.45, 7) is 7.20. The molecular formula is C11H22N2O3. The van der Waals surface area contributed by atoms with Crippen molar-refractivity contribution in [3.8, 4) is 0 Å². The van der Waals surface area contributed by atoms with Crippen molar-refractivity contribution in [1.82, 2.24) is 10.6 Å². The van der Waals surface area contributed by atoms with Crippen molar-refractivity contribution in [2.45, 2.75) is 44.9 Å². The quantitative estimate of drug-likeness (QED) is 0.739. The molecule has 1 amide bonds. The van der Waals surface area contributed by atoms with Gasteiger partial charge in [0.1, 0.15) is 5.60 Å². The van der Waals surface area contributed by atoms with Crippen LogP contribution >= 0.6 is 0 Å². The average molecular weight is 230 g/mol. The molecule has 1 aliphatic heterocycles. The Balaban J connectivity index is 2.42. The van der Waals surface area contributed by atoms with Gasteiger partial charge in [0, 0.05) is 13.7 Å². The van der Waals surface area contributed by atoms with E-state index in [4.69, 9.17) is 9.47 Å². The molecule has 5 nitrogen and oxygen atoms in total. The van der Waals surface area contributed by atoms with Crippen molar-refractivity contribution < 1.29 is 14.3 Å². The zero-order chi connectivity index (χ0) is 12.2. The van der Waals surface area contributed by atoms with Crippen molar-refractivity contribution in [1.29, 1.82) is 0 Å². The van der Waals surface area contributed by atoms with E-state index >= 15 is 0 Å². The van der Waals surface area contributed by atoms with Gasteiger partial charge in [0.05, 0.1) is 12.1 Å². The maximum absolute atomic E-state index is 11.6. The van der Waals surface area contributed by atoms with Gasteiger partial charge < -0.3 is 20.1 Å². The van der Waals surface area contributed by atoms with Crippen LogP contribution in [-0.4, -0.2) is 44.0 Å². The second-order valence-electron chi connectivity index (χ2n) is 5.02. The molecule has 5 heteroatoms. The minimum absolute atomic E-state index is 0.0151. The fourth-order valence-electron chi connectivity index (χ4n) is 1.70. The normalized spacial score (nSPS) is 26.2. The summed E-state index contributed by atoms with van der Waals surface area (Å²) in [5.41, 5.74) is -0.459. The Bertz CT molecular complexity index is 238. The molecule has 0 bridgehead atoms. The monoisotopic (exact) mass is 230 g/mol. The van der Waals surface area contributed by atoms with E-state index in [1.807, 2.05) is 20.8 Å². The van der Waals surface area contributed by atoms with Crippen molar-refractivity contribution in [3.63, 3.8) is 0 Å². The molecule has 0 aromatic rings. The molecule has 0 aromatic heterocycles. The van der Waals surface area contributed by atoms with Gasteiger partial charge in [0.25, 0.3) is 0 Å². The predicted octanol–water partition coefficient (Wildman–Crippen LogP) is 0.888. The van der Waals surface area contributed by atoms with Crippen LogP contribution in [0.25, 0.3) is 0 Å². The van der Waals surface area contributed by atoms with Crippen LogP contribution in [0.3, 0.4) is 0 Å². The highest BCUT2D eigenvalue weighted by molar-refractivity contribution is 5.68. The molecule has 2 N–H and O–H groups in total. The van der Waals surface area contributed by atoms with Crippen LogP contribution in [0.15, 0.2) is 0 Å². The third kappa shape index (κ3) is 4.37. The molecular weight excluding hydrogens is 208 g/mol. The molecule has 94 valence electrons. The highest BCUT2D eigenvalue weighted by Crippen LogP contribution is 2.10. The molecule has 1 rings (SSSR count). The summed E-state index contributed by atoms with van der Waals surface area (Å²) < 4.78 is 10.5. The maximum Gasteiger partial charge on any atom is 0.407 e. The molecule has 1 fully saturated rings.